The number of β-amino-alcohol motifs (C(OH)–C–C–N with tert-alkyl or cyclic N) is 1. The van der Waals surface area contributed by atoms with Crippen molar-refractivity contribution in [2.24, 2.45) is 0 Å². The minimum atomic E-state index is -0.697. The molecule has 0 radical (unpaired) electrons. The number of aromatic amines is 1. The lowest BCUT2D eigenvalue weighted by molar-refractivity contribution is -0.132. The number of amides is 4. The second-order valence-corrected chi connectivity index (χ2v) is 5.90. The van der Waals surface area contributed by atoms with Crippen LogP contribution in [-0.4, -0.2) is 98.4 Å². The lowest BCUT2D eigenvalue weighted by Gasteiger charge is -2.24. The summed E-state index contributed by atoms with van der Waals surface area (Å²) in [4.78, 5) is 39.7. The molecule has 1 aromatic heterocycles. The summed E-state index contributed by atoms with van der Waals surface area (Å²) in [5.74, 6) is -0.704. The second-order valence-electron chi connectivity index (χ2n) is 5.90. The van der Waals surface area contributed by atoms with Crippen molar-refractivity contribution in [2.45, 2.75) is 12.6 Å². The molecule has 0 spiro atoms. The van der Waals surface area contributed by atoms with Gasteiger partial charge in [-0.1, -0.05) is 0 Å². The SMILES string of the molecule is O=C1CN(CC(=O)N2CCN(Cc3cn[nH]n3)C[C@@H](O)C2)C(=O)N1. The molecule has 2 fully saturated rings. The smallest absolute Gasteiger partial charge is 0.325 e. The number of imide groups is 1. The molecule has 3 N–H and O–H groups in total. The maximum atomic E-state index is 12.4. The lowest BCUT2D eigenvalue weighted by Crippen LogP contribution is -2.44. The van der Waals surface area contributed by atoms with Gasteiger partial charge in [-0.05, 0) is 0 Å². The van der Waals surface area contributed by atoms with Gasteiger partial charge in [-0.25, -0.2) is 4.79 Å². The molecule has 11 heteroatoms. The van der Waals surface area contributed by atoms with E-state index in [0.29, 0.717) is 26.2 Å². The number of rotatable bonds is 4. The first-order valence-corrected chi connectivity index (χ1v) is 7.63. The quantitative estimate of drug-likeness (QED) is 0.511. The molecule has 3 heterocycles. The van der Waals surface area contributed by atoms with E-state index in [4.69, 9.17) is 0 Å². The Hall–Kier alpha value is -2.53. The van der Waals surface area contributed by atoms with Crippen LogP contribution in [0.15, 0.2) is 6.20 Å². The highest BCUT2D eigenvalue weighted by molar-refractivity contribution is 6.03. The van der Waals surface area contributed by atoms with Crippen LogP contribution in [0.4, 0.5) is 4.79 Å². The molecule has 130 valence electrons. The molecule has 24 heavy (non-hydrogen) atoms. The number of aliphatic hydroxyl groups is 1. The Morgan fingerprint density at radius 1 is 1.33 bits per heavy atom. The van der Waals surface area contributed by atoms with E-state index in [1.807, 2.05) is 4.90 Å². The molecular formula is C13H19N7O4. The Kier molecular flexibility index (Phi) is 4.71. The maximum absolute atomic E-state index is 12.4. The van der Waals surface area contributed by atoms with Gasteiger partial charge in [0.2, 0.25) is 11.8 Å². The fraction of sp³-hybridized carbons (Fsp3) is 0.615. The predicted octanol–water partition coefficient (Wildman–Crippen LogP) is -2.64. The van der Waals surface area contributed by atoms with Crippen LogP contribution >= 0.6 is 0 Å². The Balaban J connectivity index is 1.55. The van der Waals surface area contributed by atoms with Gasteiger partial charge in [0.1, 0.15) is 13.1 Å². The minimum absolute atomic E-state index is 0.112. The van der Waals surface area contributed by atoms with Crippen LogP contribution in [0.3, 0.4) is 0 Å². The molecule has 0 saturated carbocycles. The third kappa shape index (κ3) is 3.86. The summed E-state index contributed by atoms with van der Waals surface area (Å²) < 4.78 is 0. The van der Waals surface area contributed by atoms with Gasteiger partial charge in [-0.2, -0.15) is 15.4 Å². The number of hydrogen-bond acceptors (Lipinski definition) is 7. The van der Waals surface area contributed by atoms with Gasteiger partial charge in [0.25, 0.3) is 0 Å². The number of nitrogens with one attached hydrogen (secondary N) is 2. The van der Waals surface area contributed by atoms with E-state index in [9.17, 15) is 19.5 Å². The highest BCUT2D eigenvalue weighted by atomic mass is 16.3. The van der Waals surface area contributed by atoms with Crippen molar-refractivity contribution in [1.82, 2.24) is 35.4 Å². The average Bonchev–Trinajstić information content (AvgIpc) is 3.07. The van der Waals surface area contributed by atoms with Gasteiger partial charge in [-0.15, -0.1) is 0 Å². The molecule has 11 nitrogen and oxygen atoms in total. The fourth-order valence-electron chi connectivity index (χ4n) is 2.83. The number of H-pyrrole nitrogens is 1. The van der Waals surface area contributed by atoms with Crippen molar-refractivity contribution in [3.63, 3.8) is 0 Å². The number of nitrogens with zero attached hydrogens (tertiary/aromatic N) is 5. The van der Waals surface area contributed by atoms with Gasteiger partial charge in [0.15, 0.2) is 0 Å². The number of urea groups is 1. The molecule has 0 unspecified atom stereocenters. The predicted molar refractivity (Wildman–Crippen MR) is 79.4 cm³/mol. The third-order valence-electron chi connectivity index (χ3n) is 3.98. The zero-order valence-corrected chi connectivity index (χ0v) is 13.0. The van der Waals surface area contributed by atoms with Gasteiger partial charge in [-0.3, -0.25) is 19.8 Å². The van der Waals surface area contributed by atoms with E-state index >= 15 is 0 Å². The monoisotopic (exact) mass is 337 g/mol. The molecular weight excluding hydrogens is 318 g/mol. The van der Waals surface area contributed by atoms with Crippen molar-refractivity contribution in [2.75, 3.05) is 39.3 Å². The summed E-state index contributed by atoms with van der Waals surface area (Å²) in [6.45, 7) is 1.85. The first kappa shape index (κ1) is 16.3. The third-order valence-corrected chi connectivity index (χ3v) is 3.98. The van der Waals surface area contributed by atoms with Gasteiger partial charge < -0.3 is 14.9 Å². The summed E-state index contributed by atoms with van der Waals surface area (Å²) in [6.07, 6.45) is 0.917. The van der Waals surface area contributed by atoms with Crippen LogP contribution in [0, 0.1) is 0 Å². The molecule has 1 atom stereocenters. The number of hydrogen-bond donors (Lipinski definition) is 3. The van der Waals surface area contributed by atoms with Crippen molar-refractivity contribution < 1.29 is 19.5 Å². The largest absolute Gasteiger partial charge is 0.390 e. The summed E-state index contributed by atoms with van der Waals surface area (Å²) in [5, 5.41) is 22.5. The number of aromatic nitrogens is 3. The lowest BCUT2D eigenvalue weighted by atomic mass is 10.3. The first-order chi connectivity index (χ1) is 11.5. The van der Waals surface area contributed by atoms with E-state index < -0.39 is 18.0 Å². The molecule has 0 aromatic carbocycles. The number of carbonyl (C=O) groups is 3. The van der Waals surface area contributed by atoms with Gasteiger partial charge in [0.05, 0.1) is 18.0 Å². The summed E-state index contributed by atoms with van der Waals surface area (Å²) in [5.41, 5.74) is 0.759. The second kappa shape index (κ2) is 6.93. The maximum Gasteiger partial charge on any atom is 0.325 e. The zero-order valence-electron chi connectivity index (χ0n) is 13.0. The Morgan fingerprint density at radius 2 is 2.17 bits per heavy atom. The van der Waals surface area contributed by atoms with Gasteiger partial charge >= 0.3 is 6.03 Å². The molecule has 2 saturated heterocycles. The van der Waals surface area contributed by atoms with Crippen molar-refractivity contribution in [3.8, 4) is 0 Å². The zero-order chi connectivity index (χ0) is 17.1. The van der Waals surface area contributed by atoms with Crippen LogP contribution in [0.5, 0.6) is 0 Å². The van der Waals surface area contributed by atoms with E-state index in [1.54, 1.807) is 6.20 Å². The molecule has 2 aliphatic heterocycles. The van der Waals surface area contributed by atoms with Gasteiger partial charge in [0, 0.05) is 32.7 Å². The van der Waals surface area contributed by atoms with Crippen LogP contribution in [-0.2, 0) is 16.1 Å². The topological polar surface area (TPSA) is 135 Å². The van der Waals surface area contributed by atoms with Crippen molar-refractivity contribution in [3.05, 3.63) is 11.9 Å². The fourth-order valence-corrected chi connectivity index (χ4v) is 2.83. The molecule has 3 rings (SSSR count). The Bertz CT molecular complexity index is 620. The van der Waals surface area contributed by atoms with Crippen LogP contribution < -0.4 is 5.32 Å². The molecule has 0 aliphatic carbocycles. The van der Waals surface area contributed by atoms with Crippen molar-refractivity contribution in [1.29, 1.82) is 0 Å². The first-order valence-electron chi connectivity index (χ1n) is 7.63. The number of aliphatic hydroxyl groups excluding tert-OH is 1. The van der Waals surface area contributed by atoms with E-state index in [2.05, 4.69) is 20.7 Å². The molecule has 0 bridgehead atoms. The highest BCUT2D eigenvalue weighted by Crippen LogP contribution is 2.09. The van der Waals surface area contributed by atoms with E-state index in [0.717, 1.165) is 10.6 Å². The standard InChI is InChI=1S/C13H19N7O4/c21-10-5-18(4-9-3-14-17-16-9)1-2-19(6-10)12(23)8-20-7-11(22)15-13(20)24/h3,10,21H,1-2,4-8H2,(H,14,16,17)(H,15,22,24)/t10-/m1/s1. The van der Waals surface area contributed by atoms with Crippen molar-refractivity contribution >= 4 is 17.8 Å². The average molecular weight is 337 g/mol. The van der Waals surface area contributed by atoms with E-state index in [-0.39, 0.29) is 25.5 Å². The normalized spacial score (nSPS) is 22.6. The summed E-state index contributed by atoms with van der Waals surface area (Å²) in [7, 11) is 0. The Morgan fingerprint density at radius 3 is 2.83 bits per heavy atom. The summed E-state index contributed by atoms with van der Waals surface area (Å²) in [6, 6.07) is -0.559. The van der Waals surface area contributed by atoms with Crippen LogP contribution in [0.25, 0.3) is 0 Å². The van der Waals surface area contributed by atoms with E-state index in [1.165, 1.54) is 4.90 Å². The minimum Gasteiger partial charge on any atom is -0.390 e. The molecule has 4 amide bonds. The highest BCUT2D eigenvalue weighted by Gasteiger charge is 2.31. The summed E-state index contributed by atoms with van der Waals surface area (Å²) >= 11 is 0. The molecule has 2 aliphatic rings. The van der Waals surface area contributed by atoms with Crippen LogP contribution in [0.1, 0.15) is 5.69 Å². The molecule has 1 aromatic rings. The van der Waals surface area contributed by atoms with Crippen LogP contribution in [0.2, 0.25) is 0 Å². The Labute approximate surface area is 137 Å². The number of carbonyl (C=O) groups excluding carboxylic acids is 3.